The minimum atomic E-state index is -0.242. The van der Waals surface area contributed by atoms with Crippen molar-refractivity contribution in [2.45, 2.75) is 17.6 Å². The first-order valence-corrected chi connectivity index (χ1v) is 8.67. The zero-order chi connectivity index (χ0) is 17.4. The van der Waals surface area contributed by atoms with Crippen LogP contribution < -0.4 is 15.6 Å². The first kappa shape index (κ1) is 15.7. The number of fused-ring (bicyclic) bond motifs is 2. The number of hydrogen-bond acceptors (Lipinski definition) is 6. The lowest BCUT2D eigenvalue weighted by molar-refractivity contribution is -0.116. The summed E-state index contributed by atoms with van der Waals surface area (Å²) in [4.78, 5) is 29.5. The monoisotopic (exact) mass is 357 g/mol. The molecule has 128 valence electrons. The Morgan fingerprint density at radius 2 is 2.32 bits per heavy atom. The van der Waals surface area contributed by atoms with E-state index in [0.29, 0.717) is 33.4 Å². The number of anilines is 1. The fourth-order valence-corrected chi connectivity index (χ4v) is 4.00. The summed E-state index contributed by atoms with van der Waals surface area (Å²) in [5.41, 5.74) is 0.911. The molecule has 2 N–H and O–H groups in total. The van der Waals surface area contributed by atoms with Crippen LogP contribution in [0.1, 0.15) is 12.5 Å². The number of carbonyl (C=O) groups is 1. The summed E-state index contributed by atoms with van der Waals surface area (Å²) >= 11 is 1.46. The maximum Gasteiger partial charge on any atom is 0.265 e. The number of aromatic amines is 1. The predicted molar refractivity (Wildman–Crippen MR) is 94.2 cm³/mol. The number of ether oxygens (including phenoxy) is 1. The van der Waals surface area contributed by atoms with Crippen molar-refractivity contribution in [3.05, 3.63) is 40.8 Å². The van der Waals surface area contributed by atoms with Gasteiger partial charge >= 0.3 is 0 Å². The van der Waals surface area contributed by atoms with Gasteiger partial charge in [-0.3, -0.25) is 19.3 Å². The molecule has 0 saturated heterocycles. The van der Waals surface area contributed by atoms with E-state index in [0.717, 1.165) is 0 Å². The van der Waals surface area contributed by atoms with Crippen LogP contribution in [-0.4, -0.2) is 38.5 Å². The molecule has 1 aromatic carbocycles. The normalized spacial score (nSPS) is 16.0. The lowest BCUT2D eigenvalue weighted by atomic mass is 10.2. The number of methoxy groups -OCH3 is 1. The summed E-state index contributed by atoms with van der Waals surface area (Å²) in [6.45, 7) is 0. The van der Waals surface area contributed by atoms with Crippen LogP contribution >= 0.6 is 11.8 Å². The van der Waals surface area contributed by atoms with Crippen molar-refractivity contribution in [1.82, 2.24) is 19.7 Å². The van der Waals surface area contributed by atoms with Gasteiger partial charge in [-0.15, -0.1) is 0 Å². The average molecular weight is 357 g/mol. The van der Waals surface area contributed by atoms with Gasteiger partial charge in [-0.25, -0.2) is 4.98 Å². The second kappa shape index (κ2) is 6.25. The maximum absolute atomic E-state index is 12.6. The molecule has 1 amide bonds. The molecule has 3 aromatic rings. The van der Waals surface area contributed by atoms with Gasteiger partial charge in [-0.1, -0.05) is 23.9 Å². The fraction of sp³-hybridized carbons (Fsp3) is 0.250. The molecule has 25 heavy (non-hydrogen) atoms. The van der Waals surface area contributed by atoms with E-state index in [1.165, 1.54) is 18.0 Å². The SMILES string of the molecule is COc1ccccc1NC(=O)CC1CSc2nc3[nH]ncc3c(=O)n21. The Bertz CT molecular complexity index is 1010. The maximum atomic E-state index is 12.6. The van der Waals surface area contributed by atoms with E-state index in [1.54, 1.807) is 23.8 Å². The summed E-state index contributed by atoms with van der Waals surface area (Å²) in [6, 6.07) is 6.97. The molecule has 0 aliphatic carbocycles. The van der Waals surface area contributed by atoms with E-state index in [2.05, 4.69) is 20.5 Å². The molecule has 1 unspecified atom stereocenters. The number of hydrogen-bond donors (Lipinski definition) is 2. The molecule has 0 radical (unpaired) electrons. The lowest BCUT2D eigenvalue weighted by Gasteiger charge is -2.14. The zero-order valence-electron chi connectivity index (χ0n) is 13.4. The van der Waals surface area contributed by atoms with Crippen molar-refractivity contribution >= 4 is 34.4 Å². The average Bonchev–Trinajstić information content (AvgIpc) is 3.23. The summed E-state index contributed by atoms with van der Waals surface area (Å²) < 4.78 is 6.82. The van der Waals surface area contributed by atoms with E-state index in [9.17, 15) is 9.59 Å². The van der Waals surface area contributed by atoms with Crippen LogP contribution in [0.15, 0.2) is 40.4 Å². The highest BCUT2D eigenvalue weighted by molar-refractivity contribution is 7.99. The Morgan fingerprint density at radius 3 is 3.16 bits per heavy atom. The molecule has 9 heteroatoms. The largest absolute Gasteiger partial charge is 0.495 e. The van der Waals surface area contributed by atoms with Gasteiger partial charge in [0.2, 0.25) is 5.91 Å². The Kier molecular flexibility index (Phi) is 3.92. The Labute approximate surface area is 146 Å². The third-order valence-corrected chi connectivity index (χ3v) is 5.15. The number of para-hydroxylation sites is 2. The molecular formula is C16H15N5O3S. The summed E-state index contributed by atoms with van der Waals surface area (Å²) in [6.07, 6.45) is 1.65. The minimum absolute atomic E-state index is 0.172. The van der Waals surface area contributed by atoms with Crippen LogP contribution in [-0.2, 0) is 4.79 Å². The van der Waals surface area contributed by atoms with Crippen molar-refractivity contribution in [1.29, 1.82) is 0 Å². The second-order valence-electron chi connectivity index (χ2n) is 5.62. The molecule has 2 aromatic heterocycles. The first-order valence-electron chi connectivity index (χ1n) is 7.68. The topological polar surface area (TPSA) is 102 Å². The van der Waals surface area contributed by atoms with Crippen LogP contribution in [0.3, 0.4) is 0 Å². The Balaban J connectivity index is 1.57. The number of thioether (sulfide) groups is 1. The first-order chi connectivity index (χ1) is 12.2. The smallest absolute Gasteiger partial charge is 0.265 e. The standard InChI is InChI=1S/C16H15N5O3S/c1-24-12-5-3-2-4-11(12)18-13(22)6-9-8-25-16-19-14-10(7-17-20-14)15(23)21(9)16/h2-5,7,9H,6,8H2,1H3,(H,17,20)(H,18,22). The van der Waals surface area contributed by atoms with Gasteiger partial charge in [-0.05, 0) is 12.1 Å². The molecule has 3 heterocycles. The summed E-state index contributed by atoms with van der Waals surface area (Å²) in [5.74, 6) is 1.04. The fourth-order valence-electron chi connectivity index (χ4n) is 2.87. The predicted octanol–water partition coefficient (Wildman–Crippen LogP) is 1.80. The van der Waals surface area contributed by atoms with Gasteiger partial charge in [-0.2, -0.15) is 5.10 Å². The van der Waals surface area contributed by atoms with Crippen molar-refractivity contribution in [3.63, 3.8) is 0 Å². The number of rotatable bonds is 4. The molecule has 1 atom stereocenters. The van der Waals surface area contributed by atoms with Gasteiger partial charge in [0.15, 0.2) is 10.8 Å². The second-order valence-corrected chi connectivity index (χ2v) is 6.61. The summed E-state index contributed by atoms with van der Waals surface area (Å²) in [7, 11) is 1.55. The van der Waals surface area contributed by atoms with Gasteiger partial charge in [0.25, 0.3) is 5.56 Å². The number of benzene rings is 1. The van der Waals surface area contributed by atoms with Crippen LogP contribution in [0.2, 0.25) is 0 Å². The van der Waals surface area contributed by atoms with Gasteiger partial charge in [0, 0.05) is 12.2 Å². The molecule has 0 bridgehead atoms. The third kappa shape index (κ3) is 2.76. The van der Waals surface area contributed by atoms with Crippen LogP contribution in [0.5, 0.6) is 5.75 Å². The van der Waals surface area contributed by atoms with Gasteiger partial charge in [0.1, 0.15) is 11.1 Å². The zero-order valence-corrected chi connectivity index (χ0v) is 14.2. The quantitative estimate of drug-likeness (QED) is 0.691. The van der Waals surface area contributed by atoms with Crippen molar-refractivity contribution in [2.24, 2.45) is 0 Å². The highest BCUT2D eigenvalue weighted by Gasteiger charge is 2.29. The molecule has 0 fully saturated rings. The summed E-state index contributed by atoms with van der Waals surface area (Å²) in [5, 5.41) is 10.5. The van der Waals surface area contributed by atoms with Gasteiger partial charge < -0.3 is 10.1 Å². The number of nitrogens with one attached hydrogen (secondary N) is 2. The van der Waals surface area contributed by atoms with E-state index >= 15 is 0 Å². The minimum Gasteiger partial charge on any atom is -0.495 e. The van der Waals surface area contributed by atoms with Crippen molar-refractivity contribution < 1.29 is 9.53 Å². The number of amides is 1. The lowest BCUT2D eigenvalue weighted by Crippen LogP contribution is -2.27. The molecular weight excluding hydrogens is 342 g/mol. The highest BCUT2D eigenvalue weighted by atomic mass is 32.2. The number of H-pyrrole nitrogens is 1. The third-order valence-electron chi connectivity index (χ3n) is 4.05. The molecule has 1 aliphatic heterocycles. The molecule has 0 saturated carbocycles. The van der Waals surface area contributed by atoms with E-state index in [-0.39, 0.29) is 23.9 Å². The van der Waals surface area contributed by atoms with E-state index in [1.807, 2.05) is 12.1 Å². The highest BCUT2D eigenvalue weighted by Crippen LogP contribution is 2.33. The van der Waals surface area contributed by atoms with Crippen LogP contribution in [0, 0.1) is 0 Å². The number of aromatic nitrogens is 4. The Hall–Kier alpha value is -2.81. The van der Waals surface area contributed by atoms with Crippen molar-refractivity contribution in [3.8, 4) is 5.75 Å². The molecule has 8 nitrogen and oxygen atoms in total. The van der Waals surface area contributed by atoms with Crippen LogP contribution in [0.4, 0.5) is 5.69 Å². The molecule has 0 spiro atoms. The van der Waals surface area contributed by atoms with Crippen molar-refractivity contribution in [2.75, 3.05) is 18.2 Å². The molecule has 4 rings (SSSR count). The number of carbonyl (C=O) groups excluding carboxylic acids is 1. The molecule has 1 aliphatic rings. The Morgan fingerprint density at radius 1 is 1.48 bits per heavy atom. The van der Waals surface area contributed by atoms with Crippen LogP contribution in [0.25, 0.3) is 11.0 Å². The van der Waals surface area contributed by atoms with E-state index < -0.39 is 0 Å². The van der Waals surface area contributed by atoms with Gasteiger partial charge in [0.05, 0.1) is 25.0 Å². The van der Waals surface area contributed by atoms with E-state index in [4.69, 9.17) is 4.74 Å². The number of nitrogens with zero attached hydrogens (tertiary/aromatic N) is 3.